The fraction of sp³-hybridized carbons (Fsp3) is 0.500. The molecule has 0 saturated carbocycles. The molecule has 1 amide bonds. The maximum absolute atomic E-state index is 12.3. The van der Waals surface area contributed by atoms with Gasteiger partial charge in [-0.3, -0.25) is 4.79 Å². The predicted octanol–water partition coefficient (Wildman–Crippen LogP) is 0.998. The number of para-hydroxylation sites is 1. The first-order valence-electron chi connectivity index (χ1n) is 6.50. The first-order chi connectivity index (χ1) is 8.99. The fourth-order valence-electron chi connectivity index (χ4n) is 2.59. The van der Waals surface area contributed by atoms with Crippen molar-refractivity contribution in [2.75, 3.05) is 39.5 Å². The Kier molecular flexibility index (Phi) is 3.95. The molecule has 3 N–H and O–H groups in total. The Balaban J connectivity index is 2.04. The molecule has 1 aromatic rings. The number of likely N-dealkylation sites (tertiary alicyclic amines) is 1. The molecule has 1 fully saturated rings. The quantitative estimate of drug-likeness (QED) is 0.630. The van der Waals surface area contributed by atoms with Crippen LogP contribution >= 0.6 is 0 Å². The number of carbonyl (C=O) groups is 1. The summed E-state index contributed by atoms with van der Waals surface area (Å²) in [6.07, 6.45) is 1.11. The molecule has 5 nitrogen and oxygen atoms in total. The molecular weight excluding hydrogens is 242 g/mol. The number of rotatable bonds is 3. The summed E-state index contributed by atoms with van der Waals surface area (Å²) in [5, 5.41) is 9.84. The highest BCUT2D eigenvalue weighted by Gasteiger charge is 2.24. The lowest BCUT2D eigenvalue weighted by Gasteiger charge is -2.22. The summed E-state index contributed by atoms with van der Waals surface area (Å²) in [5.74, 6) is 0.199. The van der Waals surface area contributed by atoms with E-state index < -0.39 is 0 Å². The third-order valence-corrected chi connectivity index (χ3v) is 3.67. The molecule has 1 aliphatic rings. The van der Waals surface area contributed by atoms with Gasteiger partial charge in [0.25, 0.3) is 5.91 Å². The van der Waals surface area contributed by atoms with E-state index in [2.05, 4.69) is 11.9 Å². The monoisotopic (exact) mass is 263 g/mol. The standard InChI is InChI=1S/C14H21N3O2/c1-16-7-6-10(8-16)9-17(2)14(19)11-4-3-5-12(15)13(11)18/h3-5,10,18H,6-9,15H2,1-2H3. The molecule has 0 spiro atoms. The fourth-order valence-corrected chi connectivity index (χ4v) is 2.59. The number of hydrogen-bond donors (Lipinski definition) is 2. The molecule has 0 aromatic heterocycles. The molecule has 1 heterocycles. The third kappa shape index (κ3) is 2.98. The van der Waals surface area contributed by atoms with E-state index >= 15 is 0 Å². The first-order valence-corrected chi connectivity index (χ1v) is 6.50. The summed E-state index contributed by atoms with van der Waals surface area (Å²) in [4.78, 5) is 16.2. The van der Waals surface area contributed by atoms with Gasteiger partial charge < -0.3 is 20.6 Å². The Bertz CT molecular complexity index is 476. The highest BCUT2D eigenvalue weighted by atomic mass is 16.3. The van der Waals surface area contributed by atoms with Crippen LogP contribution in [-0.4, -0.2) is 54.5 Å². The van der Waals surface area contributed by atoms with Crippen molar-refractivity contribution in [2.45, 2.75) is 6.42 Å². The van der Waals surface area contributed by atoms with E-state index in [9.17, 15) is 9.90 Å². The number of carbonyl (C=O) groups excluding carboxylic acids is 1. The summed E-state index contributed by atoms with van der Waals surface area (Å²) in [7, 11) is 3.86. The summed E-state index contributed by atoms with van der Waals surface area (Å²) in [6, 6.07) is 4.86. The summed E-state index contributed by atoms with van der Waals surface area (Å²) >= 11 is 0. The number of hydrogen-bond acceptors (Lipinski definition) is 4. The maximum atomic E-state index is 12.3. The Hall–Kier alpha value is -1.75. The molecule has 1 unspecified atom stereocenters. The van der Waals surface area contributed by atoms with Crippen LogP contribution in [0.5, 0.6) is 5.75 Å². The SMILES string of the molecule is CN1CCC(CN(C)C(=O)c2cccc(N)c2O)C1. The summed E-state index contributed by atoms with van der Waals surface area (Å²) in [5.41, 5.74) is 6.12. The number of aromatic hydroxyl groups is 1. The van der Waals surface area contributed by atoms with Gasteiger partial charge in [-0.25, -0.2) is 0 Å². The van der Waals surface area contributed by atoms with Gasteiger partial charge in [-0.05, 0) is 38.1 Å². The van der Waals surface area contributed by atoms with Crippen LogP contribution in [0.1, 0.15) is 16.8 Å². The van der Waals surface area contributed by atoms with Gasteiger partial charge in [-0.2, -0.15) is 0 Å². The van der Waals surface area contributed by atoms with Crippen LogP contribution in [0.2, 0.25) is 0 Å². The first kappa shape index (κ1) is 13.7. The number of nitrogens with two attached hydrogens (primary N) is 1. The molecule has 0 radical (unpaired) electrons. The minimum absolute atomic E-state index is 0.122. The molecule has 0 bridgehead atoms. The van der Waals surface area contributed by atoms with Crippen molar-refractivity contribution in [3.8, 4) is 5.75 Å². The molecule has 5 heteroatoms. The highest BCUT2D eigenvalue weighted by molar-refractivity contribution is 5.98. The highest BCUT2D eigenvalue weighted by Crippen LogP contribution is 2.26. The van der Waals surface area contributed by atoms with Crippen LogP contribution in [0.25, 0.3) is 0 Å². The van der Waals surface area contributed by atoms with E-state index in [1.54, 1.807) is 30.1 Å². The maximum Gasteiger partial charge on any atom is 0.257 e. The molecule has 0 aliphatic carbocycles. The van der Waals surface area contributed by atoms with Crippen molar-refractivity contribution in [2.24, 2.45) is 5.92 Å². The van der Waals surface area contributed by atoms with Crippen molar-refractivity contribution < 1.29 is 9.90 Å². The largest absolute Gasteiger partial charge is 0.505 e. The minimum Gasteiger partial charge on any atom is -0.505 e. The van der Waals surface area contributed by atoms with Gasteiger partial charge in [0, 0.05) is 20.1 Å². The Morgan fingerprint density at radius 3 is 2.95 bits per heavy atom. The van der Waals surface area contributed by atoms with E-state index in [0.29, 0.717) is 12.5 Å². The van der Waals surface area contributed by atoms with Crippen LogP contribution in [-0.2, 0) is 0 Å². The lowest BCUT2D eigenvalue weighted by Crippen LogP contribution is -2.32. The van der Waals surface area contributed by atoms with E-state index in [-0.39, 0.29) is 22.9 Å². The zero-order valence-electron chi connectivity index (χ0n) is 11.5. The van der Waals surface area contributed by atoms with Crippen LogP contribution in [0.15, 0.2) is 18.2 Å². The summed E-state index contributed by atoms with van der Waals surface area (Å²) < 4.78 is 0. The average molecular weight is 263 g/mol. The number of phenolic OH excluding ortho intramolecular Hbond substituents is 1. The topological polar surface area (TPSA) is 69.8 Å². The normalized spacial score (nSPS) is 19.6. The van der Waals surface area contributed by atoms with Gasteiger partial charge in [0.05, 0.1) is 11.3 Å². The van der Waals surface area contributed by atoms with Gasteiger partial charge in [-0.15, -0.1) is 0 Å². The molecule has 1 saturated heterocycles. The second kappa shape index (κ2) is 5.48. The number of phenols is 1. The molecule has 1 aromatic carbocycles. The minimum atomic E-state index is -0.181. The van der Waals surface area contributed by atoms with E-state index in [4.69, 9.17) is 5.73 Å². The van der Waals surface area contributed by atoms with Crippen molar-refractivity contribution >= 4 is 11.6 Å². The Morgan fingerprint density at radius 2 is 2.32 bits per heavy atom. The van der Waals surface area contributed by atoms with Gasteiger partial charge in [-0.1, -0.05) is 6.07 Å². The molecule has 1 atom stereocenters. The van der Waals surface area contributed by atoms with E-state index in [1.807, 2.05) is 0 Å². The van der Waals surface area contributed by atoms with Gasteiger partial charge in [0.1, 0.15) is 0 Å². The van der Waals surface area contributed by atoms with Crippen LogP contribution in [0, 0.1) is 5.92 Å². The number of anilines is 1. The van der Waals surface area contributed by atoms with Crippen LogP contribution in [0.3, 0.4) is 0 Å². The Labute approximate surface area is 113 Å². The molecule has 1 aliphatic heterocycles. The van der Waals surface area contributed by atoms with Crippen molar-refractivity contribution in [3.05, 3.63) is 23.8 Å². The zero-order chi connectivity index (χ0) is 14.0. The van der Waals surface area contributed by atoms with Gasteiger partial charge in [0.2, 0.25) is 0 Å². The smallest absolute Gasteiger partial charge is 0.257 e. The second-order valence-corrected chi connectivity index (χ2v) is 5.35. The van der Waals surface area contributed by atoms with Gasteiger partial charge >= 0.3 is 0 Å². The lowest BCUT2D eigenvalue weighted by molar-refractivity contribution is 0.0771. The van der Waals surface area contributed by atoms with Crippen LogP contribution in [0.4, 0.5) is 5.69 Å². The lowest BCUT2D eigenvalue weighted by atomic mass is 10.1. The Morgan fingerprint density at radius 1 is 1.58 bits per heavy atom. The van der Waals surface area contributed by atoms with Crippen molar-refractivity contribution in [1.82, 2.24) is 9.80 Å². The zero-order valence-corrected chi connectivity index (χ0v) is 11.5. The molecule has 104 valence electrons. The van der Waals surface area contributed by atoms with Crippen molar-refractivity contribution in [3.63, 3.8) is 0 Å². The van der Waals surface area contributed by atoms with Crippen LogP contribution < -0.4 is 5.73 Å². The third-order valence-electron chi connectivity index (χ3n) is 3.67. The molecule has 2 rings (SSSR count). The average Bonchev–Trinajstić information content (AvgIpc) is 2.77. The molecular formula is C14H21N3O2. The number of nitrogens with zero attached hydrogens (tertiary/aromatic N) is 2. The summed E-state index contributed by atoms with van der Waals surface area (Å²) in [6.45, 7) is 2.80. The number of amides is 1. The predicted molar refractivity (Wildman–Crippen MR) is 75.1 cm³/mol. The second-order valence-electron chi connectivity index (χ2n) is 5.35. The van der Waals surface area contributed by atoms with Gasteiger partial charge in [0.15, 0.2) is 5.75 Å². The van der Waals surface area contributed by atoms with E-state index in [1.165, 1.54) is 0 Å². The number of benzene rings is 1. The van der Waals surface area contributed by atoms with E-state index in [0.717, 1.165) is 19.5 Å². The molecule has 19 heavy (non-hydrogen) atoms. The van der Waals surface area contributed by atoms with Crippen molar-refractivity contribution in [1.29, 1.82) is 0 Å². The number of nitrogen functional groups attached to an aromatic ring is 1.